The van der Waals surface area contributed by atoms with Crippen molar-refractivity contribution in [3.05, 3.63) is 12.2 Å². The zero-order valence-electron chi connectivity index (χ0n) is 33.6. The maximum atomic E-state index is 12.6. The molecule has 3 N–H and O–H groups in total. The average Bonchev–Trinajstić information content (AvgIpc) is 3.12. The summed E-state index contributed by atoms with van der Waals surface area (Å²) < 4.78 is 33.4. The summed E-state index contributed by atoms with van der Waals surface area (Å²) in [6.45, 7) is 4.95. The second kappa shape index (κ2) is 40.4. The highest BCUT2D eigenvalue weighted by Gasteiger charge is 2.25. The Morgan fingerprint density at radius 3 is 1.43 bits per heavy atom. The molecule has 0 amide bonds. The van der Waals surface area contributed by atoms with Crippen LogP contribution in [0.1, 0.15) is 213 Å². The highest BCUT2D eigenvalue weighted by Crippen LogP contribution is 2.43. The molecular weight excluding hydrogens is 661 g/mol. The van der Waals surface area contributed by atoms with E-state index >= 15 is 0 Å². The standard InChI is InChI=1S/C42H84NO7P/c1-3-5-7-9-11-13-15-17-19-20-22-24-26-28-30-32-34-37-47-39-41(40-49-51(45,46)48-38-36-43)50-42(44)35-33-31-29-27-25-23-21-18-16-14-12-10-8-6-4-2/h18,21,41H,3-17,19-20,22-40,43H2,1-2H3,(H,45,46)/b21-18-. The van der Waals surface area contributed by atoms with Crippen LogP contribution in [0.4, 0.5) is 0 Å². The minimum Gasteiger partial charge on any atom is -0.457 e. The molecule has 9 heteroatoms. The van der Waals surface area contributed by atoms with Crippen molar-refractivity contribution >= 4 is 13.8 Å². The largest absolute Gasteiger partial charge is 0.472 e. The van der Waals surface area contributed by atoms with E-state index in [1.54, 1.807) is 0 Å². The number of phosphoric ester groups is 1. The molecule has 0 rings (SSSR count). The first-order chi connectivity index (χ1) is 24.9. The second-order valence-corrected chi connectivity index (χ2v) is 16.0. The molecule has 2 atom stereocenters. The Hall–Kier alpha value is -0.760. The lowest BCUT2D eigenvalue weighted by molar-refractivity contribution is -0.154. The van der Waals surface area contributed by atoms with Gasteiger partial charge >= 0.3 is 13.8 Å². The molecule has 0 aromatic heterocycles. The number of hydrogen-bond acceptors (Lipinski definition) is 7. The van der Waals surface area contributed by atoms with Gasteiger partial charge in [-0.25, -0.2) is 4.57 Å². The van der Waals surface area contributed by atoms with Gasteiger partial charge in [0.2, 0.25) is 0 Å². The Balaban J connectivity index is 4.00. The van der Waals surface area contributed by atoms with Crippen LogP contribution in [0, 0.1) is 0 Å². The highest BCUT2D eigenvalue weighted by molar-refractivity contribution is 7.47. The van der Waals surface area contributed by atoms with Crippen molar-refractivity contribution in [3.63, 3.8) is 0 Å². The normalized spacial score (nSPS) is 13.6. The van der Waals surface area contributed by atoms with Gasteiger partial charge in [0.15, 0.2) is 0 Å². The Morgan fingerprint density at radius 2 is 0.980 bits per heavy atom. The Morgan fingerprint density at radius 1 is 0.569 bits per heavy atom. The minimum atomic E-state index is -4.27. The van der Waals surface area contributed by atoms with Gasteiger partial charge in [0.05, 0.1) is 19.8 Å². The maximum Gasteiger partial charge on any atom is 0.472 e. The molecule has 0 radical (unpaired) electrons. The van der Waals surface area contributed by atoms with Crippen molar-refractivity contribution in [2.75, 3.05) is 33.0 Å². The van der Waals surface area contributed by atoms with Gasteiger partial charge in [-0.1, -0.05) is 180 Å². The molecule has 0 fully saturated rings. The predicted octanol–water partition coefficient (Wildman–Crippen LogP) is 12.7. The van der Waals surface area contributed by atoms with Crippen LogP contribution in [0.3, 0.4) is 0 Å². The van der Waals surface area contributed by atoms with Crippen LogP contribution in [-0.4, -0.2) is 49.9 Å². The number of carbonyl (C=O) groups is 1. The zero-order valence-corrected chi connectivity index (χ0v) is 34.5. The van der Waals surface area contributed by atoms with Gasteiger partial charge < -0.3 is 20.1 Å². The molecule has 0 saturated carbocycles. The van der Waals surface area contributed by atoms with E-state index in [9.17, 15) is 14.3 Å². The van der Waals surface area contributed by atoms with Gasteiger partial charge in [0.1, 0.15) is 6.10 Å². The van der Waals surface area contributed by atoms with Crippen LogP contribution in [0.15, 0.2) is 12.2 Å². The number of esters is 1. The third-order valence-corrected chi connectivity index (χ3v) is 10.4. The van der Waals surface area contributed by atoms with Crippen LogP contribution in [0.25, 0.3) is 0 Å². The number of nitrogens with two attached hydrogens (primary N) is 1. The number of phosphoric acid groups is 1. The fourth-order valence-electron chi connectivity index (χ4n) is 6.23. The third kappa shape index (κ3) is 40.3. The van der Waals surface area contributed by atoms with Gasteiger partial charge in [-0.2, -0.15) is 0 Å². The predicted molar refractivity (Wildman–Crippen MR) is 215 cm³/mol. The molecule has 0 heterocycles. The number of rotatable bonds is 42. The summed E-state index contributed by atoms with van der Waals surface area (Å²) in [5.74, 6) is -0.335. The summed E-state index contributed by atoms with van der Waals surface area (Å²) in [7, 11) is -4.27. The second-order valence-electron chi connectivity index (χ2n) is 14.6. The summed E-state index contributed by atoms with van der Waals surface area (Å²) in [6, 6.07) is 0. The topological polar surface area (TPSA) is 117 Å². The molecule has 304 valence electrons. The molecule has 0 aliphatic heterocycles. The van der Waals surface area contributed by atoms with Crippen molar-refractivity contribution in [1.82, 2.24) is 0 Å². The van der Waals surface area contributed by atoms with E-state index in [2.05, 4.69) is 26.0 Å². The monoisotopic (exact) mass is 746 g/mol. The van der Waals surface area contributed by atoms with E-state index in [1.165, 1.54) is 148 Å². The van der Waals surface area contributed by atoms with Crippen molar-refractivity contribution in [2.24, 2.45) is 5.73 Å². The van der Waals surface area contributed by atoms with Crippen LogP contribution in [-0.2, 0) is 27.9 Å². The lowest BCUT2D eigenvalue weighted by Crippen LogP contribution is -2.28. The maximum absolute atomic E-state index is 12.6. The van der Waals surface area contributed by atoms with Gasteiger partial charge in [0.25, 0.3) is 0 Å². The molecule has 2 unspecified atom stereocenters. The zero-order chi connectivity index (χ0) is 37.4. The van der Waals surface area contributed by atoms with Crippen LogP contribution >= 0.6 is 7.82 Å². The lowest BCUT2D eigenvalue weighted by Gasteiger charge is -2.20. The smallest absolute Gasteiger partial charge is 0.457 e. The SMILES string of the molecule is CCCCCCCC/C=C\CCCCCCCC(=O)OC(COCCCCCCCCCCCCCCCCCCC)COP(=O)(O)OCCN. The molecular formula is C42H84NO7P. The number of hydrogen-bond donors (Lipinski definition) is 2. The number of carbonyl (C=O) groups excluding carboxylic acids is 1. The molecule has 0 aliphatic carbocycles. The van der Waals surface area contributed by atoms with Gasteiger partial charge in [-0.3, -0.25) is 13.8 Å². The van der Waals surface area contributed by atoms with Gasteiger partial charge in [-0.15, -0.1) is 0 Å². The summed E-state index contributed by atoms with van der Waals surface area (Å²) in [6.07, 6.45) is 42.2. The molecule has 0 aromatic carbocycles. The summed E-state index contributed by atoms with van der Waals surface area (Å²) in [4.78, 5) is 22.4. The quantitative estimate of drug-likeness (QED) is 0.0274. The number of unbranched alkanes of at least 4 members (excludes halogenated alkanes) is 27. The first kappa shape index (κ1) is 50.2. The van der Waals surface area contributed by atoms with Crippen molar-refractivity contribution in [3.8, 4) is 0 Å². The molecule has 0 spiro atoms. The first-order valence-corrected chi connectivity index (χ1v) is 23.2. The lowest BCUT2D eigenvalue weighted by atomic mass is 10.0. The molecule has 0 saturated heterocycles. The molecule has 0 aliphatic rings. The highest BCUT2D eigenvalue weighted by atomic mass is 31.2. The minimum absolute atomic E-state index is 0.0937. The number of ether oxygens (including phenoxy) is 2. The van der Waals surface area contributed by atoms with Crippen molar-refractivity contribution in [2.45, 2.75) is 219 Å². The van der Waals surface area contributed by atoms with Crippen LogP contribution < -0.4 is 5.73 Å². The van der Waals surface area contributed by atoms with E-state index in [0.717, 1.165) is 44.9 Å². The molecule has 51 heavy (non-hydrogen) atoms. The van der Waals surface area contributed by atoms with E-state index in [4.69, 9.17) is 24.3 Å². The molecule has 8 nitrogen and oxygen atoms in total. The Kier molecular flexibility index (Phi) is 39.8. The average molecular weight is 746 g/mol. The van der Waals surface area contributed by atoms with Crippen LogP contribution in [0.5, 0.6) is 0 Å². The van der Waals surface area contributed by atoms with E-state index < -0.39 is 13.9 Å². The summed E-state index contributed by atoms with van der Waals surface area (Å²) in [5, 5.41) is 0. The van der Waals surface area contributed by atoms with Crippen molar-refractivity contribution < 1.29 is 32.8 Å². The van der Waals surface area contributed by atoms with E-state index in [1.807, 2.05) is 0 Å². The number of allylic oxidation sites excluding steroid dienone is 2. The summed E-state index contributed by atoms with van der Waals surface area (Å²) in [5.41, 5.74) is 5.37. The molecule has 0 bridgehead atoms. The summed E-state index contributed by atoms with van der Waals surface area (Å²) >= 11 is 0. The van der Waals surface area contributed by atoms with E-state index in [0.29, 0.717) is 13.0 Å². The Labute approximate surface area is 315 Å². The van der Waals surface area contributed by atoms with Crippen LogP contribution in [0.2, 0.25) is 0 Å². The van der Waals surface area contributed by atoms with Gasteiger partial charge in [0, 0.05) is 19.6 Å². The molecule has 0 aromatic rings. The van der Waals surface area contributed by atoms with E-state index in [-0.39, 0.29) is 32.3 Å². The Bertz CT molecular complexity index is 797. The fraction of sp³-hybridized carbons (Fsp3) is 0.929. The third-order valence-electron chi connectivity index (χ3n) is 9.43. The first-order valence-electron chi connectivity index (χ1n) is 21.7. The van der Waals surface area contributed by atoms with Gasteiger partial charge in [-0.05, 0) is 38.5 Å². The fourth-order valence-corrected chi connectivity index (χ4v) is 6.99. The van der Waals surface area contributed by atoms with Crippen molar-refractivity contribution in [1.29, 1.82) is 0 Å².